The fourth-order valence-corrected chi connectivity index (χ4v) is 3.74. The van der Waals surface area contributed by atoms with Gasteiger partial charge in [-0.1, -0.05) is 18.9 Å². The summed E-state index contributed by atoms with van der Waals surface area (Å²) >= 11 is 0. The zero-order valence-corrected chi connectivity index (χ0v) is 13.4. The first-order valence-corrected chi connectivity index (χ1v) is 8.56. The van der Waals surface area contributed by atoms with Gasteiger partial charge in [-0.3, -0.25) is 4.79 Å². The lowest BCUT2D eigenvalue weighted by Crippen LogP contribution is -2.46. The topological polar surface area (TPSA) is 52.6 Å². The van der Waals surface area contributed by atoms with Crippen LogP contribution in [-0.4, -0.2) is 35.7 Å². The molecule has 5 heteroatoms. The summed E-state index contributed by atoms with van der Waals surface area (Å²) in [7, 11) is 0. The molecule has 1 aliphatic carbocycles. The average Bonchev–Trinajstić information content (AvgIpc) is 2.94. The van der Waals surface area contributed by atoms with E-state index in [2.05, 4.69) is 10.2 Å². The molecule has 1 aliphatic heterocycles. The lowest BCUT2D eigenvalue weighted by Gasteiger charge is -2.34. The van der Waals surface area contributed by atoms with E-state index in [-0.39, 0.29) is 24.2 Å². The molecule has 1 aromatic carbocycles. The van der Waals surface area contributed by atoms with Crippen LogP contribution in [0.15, 0.2) is 24.3 Å². The molecule has 126 valence electrons. The molecule has 2 fully saturated rings. The monoisotopic (exact) mass is 320 g/mol. The molecule has 1 amide bonds. The standard InChI is InChI=1S/C18H25FN2O2/c19-14-4-3-5-16(12-14)21-10-6-15(7-11-21)20-17(22)13-18(23)8-1-2-9-18/h3-5,12,15,23H,1-2,6-11,13H2,(H,20,22). The Morgan fingerprint density at radius 1 is 1.30 bits per heavy atom. The van der Waals surface area contributed by atoms with Gasteiger partial charge in [-0.05, 0) is 43.9 Å². The van der Waals surface area contributed by atoms with Crippen LogP contribution >= 0.6 is 0 Å². The molecule has 2 N–H and O–H groups in total. The number of hydrogen-bond acceptors (Lipinski definition) is 3. The maximum Gasteiger partial charge on any atom is 0.223 e. The summed E-state index contributed by atoms with van der Waals surface area (Å²) in [5.41, 5.74) is 0.113. The summed E-state index contributed by atoms with van der Waals surface area (Å²) in [4.78, 5) is 14.3. The van der Waals surface area contributed by atoms with Crippen LogP contribution in [0.4, 0.5) is 10.1 Å². The zero-order valence-electron chi connectivity index (χ0n) is 13.4. The lowest BCUT2D eigenvalue weighted by atomic mass is 9.96. The van der Waals surface area contributed by atoms with E-state index >= 15 is 0 Å². The third-order valence-electron chi connectivity index (χ3n) is 5.06. The molecule has 0 spiro atoms. The first-order chi connectivity index (χ1) is 11.0. The fraction of sp³-hybridized carbons (Fsp3) is 0.611. The Hall–Kier alpha value is -1.62. The second kappa shape index (κ2) is 6.87. The minimum absolute atomic E-state index is 0.0430. The number of nitrogens with one attached hydrogen (secondary N) is 1. The Morgan fingerprint density at radius 3 is 2.65 bits per heavy atom. The van der Waals surface area contributed by atoms with Crippen molar-refractivity contribution in [1.29, 1.82) is 0 Å². The number of rotatable bonds is 4. The van der Waals surface area contributed by atoms with Crippen LogP contribution in [-0.2, 0) is 4.79 Å². The smallest absolute Gasteiger partial charge is 0.223 e. The molecule has 1 saturated carbocycles. The van der Waals surface area contributed by atoms with Gasteiger partial charge < -0.3 is 15.3 Å². The Kier molecular flexibility index (Phi) is 4.85. The van der Waals surface area contributed by atoms with E-state index in [9.17, 15) is 14.3 Å². The van der Waals surface area contributed by atoms with Crippen molar-refractivity contribution in [3.05, 3.63) is 30.1 Å². The predicted octanol–water partition coefficient (Wildman–Crippen LogP) is 2.61. The highest BCUT2D eigenvalue weighted by molar-refractivity contribution is 5.77. The Bertz CT molecular complexity index is 550. The van der Waals surface area contributed by atoms with Crippen LogP contribution in [0.1, 0.15) is 44.9 Å². The molecule has 4 nitrogen and oxygen atoms in total. The third-order valence-corrected chi connectivity index (χ3v) is 5.06. The number of amides is 1. The van der Waals surface area contributed by atoms with Crippen molar-refractivity contribution < 1.29 is 14.3 Å². The number of anilines is 1. The van der Waals surface area contributed by atoms with Crippen molar-refractivity contribution >= 4 is 11.6 Å². The molecule has 2 aliphatic rings. The summed E-state index contributed by atoms with van der Waals surface area (Å²) in [5.74, 6) is -0.263. The van der Waals surface area contributed by atoms with Crippen molar-refractivity contribution in [2.24, 2.45) is 0 Å². The highest BCUT2D eigenvalue weighted by atomic mass is 19.1. The second-order valence-corrected chi connectivity index (χ2v) is 6.92. The van der Waals surface area contributed by atoms with E-state index < -0.39 is 5.60 Å². The quantitative estimate of drug-likeness (QED) is 0.896. The van der Waals surface area contributed by atoms with E-state index in [1.54, 1.807) is 12.1 Å². The molecule has 0 bridgehead atoms. The van der Waals surface area contributed by atoms with Gasteiger partial charge in [0.05, 0.1) is 12.0 Å². The Morgan fingerprint density at radius 2 is 2.00 bits per heavy atom. The maximum atomic E-state index is 13.3. The van der Waals surface area contributed by atoms with Gasteiger partial charge in [-0.2, -0.15) is 0 Å². The van der Waals surface area contributed by atoms with E-state index in [0.717, 1.165) is 57.3 Å². The summed E-state index contributed by atoms with van der Waals surface area (Å²) in [6.45, 7) is 1.61. The van der Waals surface area contributed by atoms with Gasteiger partial charge >= 0.3 is 0 Å². The largest absolute Gasteiger partial charge is 0.389 e. The van der Waals surface area contributed by atoms with Crippen LogP contribution in [0.2, 0.25) is 0 Å². The molecule has 3 rings (SSSR count). The molecule has 0 radical (unpaired) electrons. The maximum absolute atomic E-state index is 13.3. The van der Waals surface area contributed by atoms with Crippen molar-refractivity contribution in [3.8, 4) is 0 Å². The SMILES string of the molecule is O=C(CC1(O)CCCC1)NC1CCN(c2cccc(F)c2)CC1. The molecule has 1 saturated heterocycles. The molecule has 0 atom stereocenters. The molecular formula is C18H25FN2O2. The highest BCUT2D eigenvalue weighted by Crippen LogP contribution is 2.32. The predicted molar refractivity (Wildman–Crippen MR) is 87.8 cm³/mol. The number of hydrogen-bond donors (Lipinski definition) is 2. The van der Waals surface area contributed by atoms with Crippen molar-refractivity contribution in [2.75, 3.05) is 18.0 Å². The second-order valence-electron chi connectivity index (χ2n) is 6.92. The van der Waals surface area contributed by atoms with E-state index in [4.69, 9.17) is 0 Å². The van der Waals surface area contributed by atoms with Crippen molar-refractivity contribution in [2.45, 2.75) is 56.6 Å². The first-order valence-electron chi connectivity index (χ1n) is 8.56. The summed E-state index contributed by atoms with van der Waals surface area (Å²) in [6, 6.07) is 6.79. The lowest BCUT2D eigenvalue weighted by molar-refractivity contribution is -0.126. The van der Waals surface area contributed by atoms with Gasteiger partial charge in [0.15, 0.2) is 0 Å². The summed E-state index contributed by atoms with van der Waals surface area (Å²) < 4.78 is 13.3. The van der Waals surface area contributed by atoms with Crippen LogP contribution in [0, 0.1) is 5.82 Å². The number of aliphatic hydroxyl groups is 1. The molecule has 0 aromatic heterocycles. The zero-order chi connectivity index (χ0) is 16.3. The summed E-state index contributed by atoms with van der Waals surface area (Å²) in [6.07, 6.45) is 5.40. The normalized spacial score (nSPS) is 21.4. The first kappa shape index (κ1) is 16.2. The molecular weight excluding hydrogens is 295 g/mol. The third kappa shape index (κ3) is 4.22. The van der Waals surface area contributed by atoms with Gasteiger partial charge in [0.1, 0.15) is 5.82 Å². The van der Waals surface area contributed by atoms with Crippen LogP contribution in [0.3, 0.4) is 0 Å². The number of carbonyl (C=O) groups is 1. The number of halogens is 1. The minimum Gasteiger partial charge on any atom is -0.389 e. The van der Waals surface area contributed by atoms with E-state index in [0.29, 0.717) is 0 Å². The van der Waals surface area contributed by atoms with Crippen LogP contribution in [0.25, 0.3) is 0 Å². The molecule has 23 heavy (non-hydrogen) atoms. The number of carbonyl (C=O) groups excluding carboxylic acids is 1. The minimum atomic E-state index is -0.785. The van der Waals surface area contributed by atoms with E-state index in [1.807, 2.05) is 6.07 Å². The fourth-order valence-electron chi connectivity index (χ4n) is 3.74. The van der Waals surface area contributed by atoms with Crippen LogP contribution < -0.4 is 10.2 Å². The molecule has 0 unspecified atom stereocenters. The van der Waals surface area contributed by atoms with Gasteiger partial charge in [0.25, 0.3) is 0 Å². The van der Waals surface area contributed by atoms with Gasteiger partial charge in [-0.25, -0.2) is 4.39 Å². The van der Waals surface area contributed by atoms with Crippen molar-refractivity contribution in [1.82, 2.24) is 5.32 Å². The molecule has 1 heterocycles. The number of nitrogens with zero attached hydrogens (tertiary/aromatic N) is 1. The highest BCUT2D eigenvalue weighted by Gasteiger charge is 2.34. The number of piperidine rings is 1. The van der Waals surface area contributed by atoms with Gasteiger partial charge in [0, 0.05) is 24.8 Å². The Balaban J connectivity index is 1.46. The summed E-state index contributed by atoms with van der Waals surface area (Å²) in [5, 5.41) is 13.4. The van der Waals surface area contributed by atoms with Crippen LogP contribution in [0.5, 0.6) is 0 Å². The average molecular weight is 320 g/mol. The molecule has 1 aromatic rings. The van der Waals surface area contributed by atoms with Crippen molar-refractivity contribution in [3.63, 3.8) is 0 Å². The Labute approximate surface area is 136 Å². The van der Waals surface area contributed by atoms with Gasteiger partial charge in [-0.15, -0.1) is 0 Å². The van der Waals surface area contributed by atoms with E-state index in [1.165, 1.54) is 6.07 Å². The van der Waals surface area contributed by atoms with Gasteiger partial charge in [0.2, 0.25) is 5.91 Å². The number of benzene rings is 1.